The molecule has 0 heterocycles. The molecule has 9 aromatic carbocycles. The van der Waals surface area contributed by atoms with Gasteiger partial charge in [0.25, 0.3) is 0 Å². The lowest BCUT2D eigenvalue weighted by molar-refractivity contribution is -0.137. The lowest BCUT2D eigenvalue weighted by Crippen LogP contribution is -2.31. The molecule has 0 saturated heterocycles. The number of benzene rings is 9. The first-order valence-corrected chi connectivity index (χ1v) is 34.0. The largest absolute Gasteiger partial charge is 0.493 e. The number of hydrogen-bond acceptors (Lipinski definition) is 5. The molecule has 0 unspecified atom stereocenters. The molecule has 0 aliphatic heterocycles. The minimum Gasteiger partial charge on any atom is -0.493 e. The molecule has 0 fully saturated rings. The topological polar surface area (TPSA) is 54.0 Å². The molecule has 0 N–H and O–H groups in total. The van der Waals surface area contributed by atoms with Gasteiger partial charge in [0.1, 0.15) is 17.2 Å². The zero-order chi connectivity index (χ0) is 67.9. The van der Waals surface area contributed by atoms with Crippen molar-refractivity contribution >= 4 is 12.0 Å². The van der Waals surface area contributed by atoms with E-state index in [1.165, 1.54) is 78.4 Å². The summed E-state index contributed by atoms with van der Waals surface area (Å²) in [5, 5.41) is 0. The second-order valence-electron chi connectivity index (χ2n) is 31.8. The Labute approximate surface area is 565 Å². The summed E-state index contributed by atoms with van der Waals surface area (Å²) in [5.41, 5.74) is 17.1. The molecule has 0 atom stereocenters. The highest BCUT2D eigenvalue weighted by Crippen LogP contribution is 2.49. The highest BCUT2D eigenvalue weighted by atomic mass is 16.5. The van der Waals surface area contributed by atoms with E-state index in [-0.39, 0.29) is 39.1 Å². The number of ether oxygens (including phenoxy) is 4. The van der Waals surface area contributed by atoms with Gasteiger partial charge in [0.15, 0.2) is 0 Å². The number of hydrogen-bond donors (Lipinski definition) is 0. The third kappa shape index (κ3) is 16.4. The highest BCUT2D eigenvalue weighted by molar-refractivity contribution is 5.87. The van der Waals surface area contributed by atoms with Crippen molar-refractivity contribution in [3.63, 3.8) is 0 Å². The Morgan fingerprint density at radius 1 is 0.255 bits per heavy atom. The lowest BCUT2D eigenvalue weighted by Gasteiger charge is -2.38. The van der Waals surface area contributed by atoms with E-state index in [0.29, 0.717) is 32.7 Å². The second kappa shape index (κ2) is 28.3. The molecule has 490 valence electrons. The number of rotatable bonds is 21. The van der Waals surface area contributed by atoms with Gasteiger partial charge in [-0.15, -0.1) is 0 Å². The standard InChI is InChI=1S/C89H104O5/c1-82(2,3)64-24-36-70(37-25-64)88(71-38-26-65(27-39-71)83(4,5)6,72-40-28-66(29-41-72)84(7,8)9)76-48-54-79(55-49-76)92-60-19-59-91-78-52-21-63(22-53-78)23-58-81(90)94-62-20-61-93-80-56-50-77(51-57-80)89(73-42-30-67(31-43-73)85(10,11)12,74-44-32-68(33-45-74)86(13,14)15)75-46-34-69(35-47-75)87(16,17)18/h21-58H,19-20,59-62H2,1-18H3/b58-23+. The number of carbonyl (C=O) groups excluding carboxylic acids is 1. The summed E-state index contributed by atoms with van der Waals surface area (Å²) in [6, 6.07) is 80.5. The van der Waals surface area contributed by atoms with Crippen LogP contribution in [-0.4, -0.2) is 32.4 Å². The first-order chi connectivity index (χ1) is 44.3. The summed E-state index contributed by atoms with van der Waals surface area (Å²) in [4.78, 5) is 12.9. The molecular weight excluding hydrogens is 1150 g/mol. The molecule has 9 rings (SSSR count). The molecule has 0 radical (unpaired) electrons. The third-order valence-corrected chi connectivity index (χ3v) is 18.6. The Kier molecular flexibility index (Phi) is 21.0. The normalized spacial score (nSPS) is 12.8. The van der Waals surface area contributed by atoms with E-state index in [1.54, 1.807) is 6.08 Å². The van der Waals surface area contributed by atoms with E-state index in [4.69, 9.17) is 18.9 Å². The van der Waals surface area contributed by atoms with Gasteiger partial charge < -0.3 is 18.9 Å². The van der Waals surface area contributed by atoms with Gasteiger partial charge >= 0.3 is 5.97 Å². The Morgan fingerprint density at radius 3 is 0.649 bits per heavy atom. The molecule has 0 saturated carbocycles. The van der Waals surface area contributed by atoms with Crippen molar-refractivity contribution in [3.05, 3.63) is 308 Å². The molecule has 94 heavy (non-hydrogen) atoms. The molecule has 9 aromatic rings. The summed E-state index contributed by atoms with van der Waals surface area (Å²) < 4.78 is 24.4. The van der Waals surface area contributed by atoms with Gasteiger partial charge in [0.2, 0.25) is 0 Å². The van der Waals surface area contributed by atoms with Crippen LogP contribution < -0.4 is 14.2 Å². The minimum atomic E-state index is -0.618. The fourth-order valence-corrected chi connectivity index (χ4v) is 12.7. The van der Waals surface area contributed by atoms with Crippen LogP contribution in [0.4, 0.5) is 0 Å². The number of esters is 1. The van der Waals surface area contributed by atoms with E-state index in [1.807, 2.05) is 24.3 Å². The molecule has 0 amide bonds. The summed E-state index contributed by atoms with van der Waals surface area (Å²) in [7, 11) is 0. The van der Waals surface area contributed by atoms with Crippen molar-refractivity contribution in [2.45, 2.75) is 181 Å². The third-order valence-electron chi connectivity index (χ3n) is 18.6. The molecular formula is C89H104O5. The van der Waals surface area contributed by atoms with Gasteiger partial charge in [-0.3, -0.25) is 0 Å². The van der Waals surface area contributed by atoms with Crippen LogP contribution in [-0.2, 0) is 52.9 Å². The van der Waals surface area contributed by atoms with Crippen molar-refractivity contribution < 1.29 is 23.7 Å². The minimum absolute atomic E-state index is 0.0151. The van der Waals surface area contributed by atoms with Gasteiger partial charge in [-0.25, -0.2) is 4.79 Å². The van der Waals surface area contributed by atoms with Crippen molar-refractivity contribution in [2.24, 2.45) is 0 Å². The maximum atomic E-state index is 12.9. The van der Waals surface area contributed by atoms with Gasteiger partial charge in [-0.1, -0.05) is 307 Å². The molecule has 0 spiro atoms. The molecule has 0 bridgehead atoms. The van der Waals surface area contributed by atoms with E-state index in [0.717, 1.165) is 28.4 Å². The Balaban J connectivity index is 0.791. The summed E-state index contributed by atoms with van der Waals surface area (Å²) in [6.07, 6.45) is 4.47. The Bertz CT molecular complexity index is 3640. The van der Waals surface area contributed by atoms with Gasteiger partial charge in [-0.2, -0.15) is 0 Å². The van der Waals surface area contributed by atoms with Gasteiger partial charge in [0, 0.05) is 18.9 Å². The second-order valence-corrected chi connectivity index (χ2v) is 31.8. The Hall–Kier alpha value is -8.41. The summed E-state index contributed by atoms with van der Waals surface area (Å²) in [6.45, 7) is 42.4. The van der Waals surface area contributed by atoms with Crippen LogP contribution in [0.1, 0.15) is 221 Å². The smallest absolute Gasteiger partial charge is 0.330 e. The van der Waals surface area contributed by atoms with Crippen LogP contribution in [0.2, 0.25) is 0 Å². The lowest BCUT2D eigenvalue weighted by atomic mass is 9.64. The first-order valence-electron chi connectivity index (χ1n) is 34.0. The summed E-state index contributed by atoms with van der Waals surface area (Å²) >= 11 is 0. The average molecular weight is 1250 g/mol. The zero-order valence-electron chi connectivity index (χ0n) is 59.7. The molecule has 5 nitrogen and oxygen atoms in total. The maximum Gasteiger partial charge on any atom is 0.330 e. The van der Waals surface area contributed by atoms with E-state index in [2.05, 4.69) is 319 Å². The fourth-order valence-electron chi connectivity index (χ4n) is 12.7. The van der Waals surface area contributed by atoms with Crippen LogP contribution in [0.15, 0.2) is 224 Å². The molecule has 5 heteroatoms. The average Bonchev–Trinajstić information content (AvgIpc) is 0.737. The van der Waals surface area contributed by atoms with Crippen molar-refractivity contribution in [2.75, 3.05) is 26.4 Å². The van der Waals surface area contributed by atoms with Gasteiger partial charge in [0.05, 0.1) is 37.3 Å². The zero-order valence-corrected chi connectivity index (χ0v) is 59.7. The van der Waals surface area contributed by atoms with Crippen molar-refractivity contribution in [3.8, 4) is 17.2 Å². The van der Waals surface area contributed by atoms with Crippen molar-refractivity contribution in [1.82, 2.24) is 0 Å². The predicted molar refractivity (Wildman–Crippen MR) is 394 cm³/mol. The number of carbonyl (C=O) groups is 1. The van der Waals surface area contributed by atoms with Crippen molar-refractivity contribution in [1.29, 1.82) is 0 Å². The first kappa shape index (κ1) is 69.9. The van der Waals surface area contributed by atoms with Gasteiger partial charge in [-0.05, 0) is 158 Å². The SMILES string of the molecule is CC(C)(C)c1ccc(C(c2ccc(OCCCOC(=O)/C=C/c3ccc(OCCCOc4ccc(C(c5ccc(C(C)(C)C)cc5)(c5ccc(C(C)(C)C)cc5)c5ccc(C(C)(C)C)cc5)cc4)cc3)cc2)(c2ccc(C(C)(C)C)cc2)c2ccc(C(C)(C)C)cc2)cc1. The predicted octanol–water partition coefficient (Wildman–Crippen LogP) is 22.1. The van der Waals surface area contributed by atoms with Crippen LogP contribution >= 0.6 is 0 Å². The van der Waals surface area contributed by atoms with E-state index in [9.17, 15) is 4.79 Å². The monoisotopic (exact) mass is 1250 g/mol. The quantitative estimate of drug-likeness (QED) is 0.0311. The Morgan fingerprint density at radius 2 is 0.436 bits per heavy atom. The molecule has 0 aliphatic carbocycles. The highest BCUT2D eigenvalue weighted by Gasteiger charge is 2.41. The van der Waals surface area contributed by atoms with Crippen LogP contribution in [0.25, 0.3) is 6.08 Å². The van der Waals surface area contributed by atoms with E-state index < -0.39 is 16.8 Å². The van der Waals surface area contributed by atoms with Crippen LogP contribution in [0.3, 0.4) is 0 Å². The van der Waals surface area contributed by atoms with E-state index >= 15 is 0 Å². The van der Waals surface area contributed by atoms with Crippen LogP contribution in [0, 0.1) is 0 Å². The van der Waals surface area contributed by atoms with Crippen LogP contribution in [0.5, 0.6) is 17.2 Å². The maximum absolute atomic E-state index is 12.9. The summed E-state index contributed by atoms with van der Waals surface area (Å²) in [5.74, 6) is 1.91. The fraction of sp³-hybridized carbons (Fsp3) is 0.360. The molecule has 0 aliphatic rings. The molecule has 0 aromatic heterocycles.